The summed E-state index contributed by atoms with van der Waals surface area (Å²) in [4.78, 5) is 0. The second-order valence-corrected chi connectivity index (χ2v) is 5.41. The Morgan fingerprint density at radius 2 is 2.11 bits per heavy atom. The highest BCUT2D eigenvalue weighted by molar-refractivity contribution is 9.10. The summed E-state index contributed by atoms with van der Waals surface area (Å²) in [5.41, 5.74) is 0.666. The lowest BCUT2D eigenvalue weighted by atomic mass is 9.96. The molecule has 1 atom stereocenters. The minimum Gasteiger partial charge on any atom is -0.486 e. The molecule has 98 valence electrons. The van der Waals surface area contributed by atoms with Crippen molar-refractivity contribution in [2.75, 3.05) is 19.8 Å². The number of ether oxygens (including phenoxy) is 2. The minimum absolute atomic E-state index is 0.0592. The van der Waals surface area contributed by atoms with E-state index in [2.05, 4.69) is 21.2 Å². The zero-order valence-electron chi connectivity index (χ0n) is 9.97. The third kappa shape index (κ3) is 2.10. The van der Waals surface area contributed by atoms with Crippen molar-refractivity contribution in [3.05, 3.63) is 21.9 Å². The molecule has 0 amide bonds. The Morgan fingerprint density at radius 1 is 1.28 bits per heavy atom. The van der Waals surface area contributed by atoms with Gasteiger partial charge in [-0.2, -0.15) is 0 Å². The topological polar surface area (TPSA) is 30.5 Å². The molecule has 3 nitrogen and oxygen atoms in total. The predicted octanol–water partition coefficient (Wildman–Crippen LogP) is 3.17. The number of nitrogens with one attached hydrogen (secondary N) is 1. The van der Waals surface area contributed by atoms with Crippen LogP contribution in [-0.2, 0) is 0 Å². The molecule has 5 heteroatoms. The first kappa shape index (κ1) is 12.2. The Bertz CT molecular complexity index is 461. The molecule has 0 spiro atoms. The fourth-order valence-corrected chi connectivity index (χ4v) is 3.32. The van der Waals surface area contributed by atoms with Crippen molar-refractivity contribution in [2.24, 2.45) is 0 Å². The first-order valence-corrected chi connectivity index (χ1v) is 7.07. The lowest BCUT2D eigenvalue weighted by molar-refractivity contribution is 0.169. The van der Waals surface area contributed by atoms with Crippen LogP contribution in [0, 0.1) is 5.82 Å². The molecule has 0 radical (unpaired) electrons. The van der Waals surface area contributed by atoms with Crippen molar-refractivity contribution in [3.8, 4) is 11.5 Å². The molecule has 1 aromatic carbocycles. The van der Waals surface area contributed by atoms with Gasteiger partial charge < -0.3 is 14.8 Å². The average Bonchev–Trinajstić information content (AvgIpc) is 2.40. The first-order valence-electron chi connectivity index (χ1n) is 6.28. The number of fused-ring (bicyclic) bond motifs is 1. The van der Waals surface area contributed by atoms with Crippen LogP contribution in [0.1, 0.15) is 30.9 Å². The van der Waals surface area contributed by atoms with Crippen LogP contribution in [0.3, 0.4) is 0 Å². The summed E-state index contributed by atoms with van der Waals surface area (Å²) in [7, 11) is 0. The van der Waals surface area contributed by atoms with E-state index in [-0.39, 0.29) is 11.9 Å². The van der Waals surface area contributed by atoms with Crippen molar-refractivity contribution >= 4 is 15.9 Å². The molecular formula is C13H15BrFNO2. The van der Waals surface area contributed by atoms with Gasteiger partial charge in [-0.05, 0) is 35.3 Å². The van der Waals surface area contributed by atoms with Crippen LogP contribution in [0.2, 0.25) is 0 Å². The van der Waals surface area contributed by atoms with E-state index in [0.29, 0.717) is 34.7 Å². The van der Waals surface area contributed by atoms with Gasteiger partial charge in [0.25, 0.3) is 0 Å². The molecule has 3 rings (SSSR count). The van der Waals surface area contributed by atoms with E-state index < -0.39 is 0 Å². The fourth-order valence-electron chi connectivity index (χ4n) is 2.55. The number of rotatable bonds is 1. The molecule has 1 N–H and O–H groups in total. The molecule has 0 saturated carbocycles. The predicted molar refractivity (Wildman–Crippen MR) is 69.7 cm³/mol. The second-order valence-electron chi connectivity index (χ2n) is 4.61. The molecular weight excluding hydrogens is 301 g/mol. The SMILES string of the molecule is Fc1cc2c(c(Br)c1C1CCCCN1)OCCO2. The average molecular weight is 316 g/mol. The molecule has 18 heavy (non-hydrogen) atoms. The highest BCUT2D eigenvalue weighted by Crippen LogP contribution is 2.44. The van der Waals surface area contributed by atoms with Crippen molar-refractivity contribution in [1.29, 1.82) is 0 Å². The van der Waals surface area contributed by atoms with Gasteiger partial charge >= 0.3 is 0 Å². The Kier molecular flexibility index (Phi) is 3.43. The lowest BCUT2D eigenvalue weighted by Gasteiger charge is -2.28. The molecule has 1 aromatic rings. The zero-order valence-corrected chi connectivity index (χ0v) is 11.6. The highest BCUT2D eigenvalue weighted by Gasteiger charge is 2.27. The van der Waals surface area contributed by atoms with E-state index in [0.717, 1.165) is 25.8 Å². The van der Waals surface area contributed by atoms with Crippen LogP contribution in [0.5, 0.6) is 11.5 Å². The van der Waals surface area contributed by atoms with Gasteiger partial charge in [-0.1, -0.05) is 6.42 Å². The molecule has 0 bridgehead atoms. The van der Waals surface area contributed by atoms with Crippen molar-refractivity contribution in [2.45, 2.75) is 25.3 Å². The summed E-state index contributed by atoms with van der Waals surface area (Å²) in [6.07, 6.45) is 3.23. The van der Waals surface area contributed by atoms with Gasteiger partial charge in [0.05, 0.1) is 4.47 Å². The largest absolute Gasteiger partial charge is 0.486 e. The van der Waals surface area contributed by atoms with Gasteiger partial charge in [0.1, 0.15) is 19.0 Å². The maximum Gasteiger partial charge on any atom is 0.176 e. The maximum absolute atomic E-state index is 14.2. The summed E-state index contributed by atoms with van der Waals surface area (Å²) < 4.78 is 25.9. The maximum atomic E-state index is 14.2. The van der Waals surface area contributed by atoms with Gasteiger partial charge in [0.2, 0.25) is 0 Å². The van der Waals surface area contributed by atoms with E-state index in [4.69, 9.17) is 9.47 Å². The second kappa shape index (κ2) is 5.05. The molecule has 1 saturated heterocycles. The molecule has 0 aromatic heterocycles. The number of hydrogen-bond acceptors (Lipinski definition) is 3. The Morgan fingerprint density at radius 3 is 2.89 bits per heavy atom. The summed E-state index contributed by atoms with van der Waals surface area (Å²) in [5.74, 6) is 0.890. The van der Waals surface area contributed by atoms with E-state index in [1.165, 1.54) is 6.07 Å². The fraction of sp³-hybridized carbons (Fsp3) is 0.538. The van der Waals surface area contributed by atoms with Crippen LogP contribution in [0.4, 0.5) is 4.39 Å². The third-order valence-electron chi connectivity index (χ3n) is 3.42. The molecule has 0 aliphatic carbocycles. The summed E-state index contributed by atoms with van der Waals surface area (Å²) in [6, 6.07) is 1.49. The minimum atomic E-state index is -0.231. The Labute approximate surface area is 114 Å². The van der Waals surface area contributed by atoms with Crippen molar-refractivity contribution < 1.29 is 13.9 Å². The number of halogens is 2. The molecule has 2 aliphatic rings. The first-order chi connectivity index (χ1) is 8.77. The molecule has 2 heterocycles. The van der Waals surface area contributed by atoms with E-state index in [1.807, 2.05) is 0 Å². The lowest BCUT2D eigenvalue weighted by Crippen LogP contribution is -2.28. The van der Waals surface area contributed by atoms with Gasteiger partial charge in [-0.25, -0.2) is 4.39 Å². The monoisotopic (exact) mass is 315 g/mol. The molecule has 1 unspecified atom stereocenters. The Hall–Kier alpha value is -0.810. The van der Waals surface area contributed by atoms with Gasteiger partial charge in [-0.15, -0.1) is 0 Å². The van der Waals surface area contributed by atoms with Crippen molar-refractivity contribution in [1.82, 2.24) is 5.32 Å². The van der Waals surface area contributed by atoms with Gasteiger partial charge in [0.15, 0.2) is 11.5 Å². The number of hydrogen-bond donors (Lipinski definition) is 1. The zero-order chi connectivity index (χ0) is 12.5. The summed E-state index contributed by atoms with van der Waals surface area (Å²) in [5, 5.41) is 3.36. The van der Waals surface area contributed by atoms with Crippen LogP contribution in [-0.4, -0.2) is 19.8 Å². The van der Waals surface area contributed by atoms with Gasteiger partial charge in [-0.3, -0.25) is 0 Å². The quantitative estimate of drug-likeness (QED) is 0.863. The Balaban J connectivity index is 2.02. The highest BCUT2D eigenvalue weighted by atomic mass is 79.9. The van der Waals surface area contributed by atoms with E-state index >= 15 is 0 Å². The van der Waals surface area contributed by atoms with Crippen LogP contribution >= 0.6 is 15.9 Å². The van der Waals surface area contributed by atoms with E-state index in [9.17, 15) is 4.39 Å². The van der Waals surface area contributed by atoms with Crippen LogP contribution < -0.4 is 14.8 Å². The smallest absolute Gasteiger partial charge is 0.176 e. The molecule has 1 fully saturated rings. The number of piperidine rings is 1. The summed E-state index contributed by atoms with van der Waals surface area (Å²) >= 11 is 3.47. The standard InChI is InChI=1S/C13H15BrFNO2/c14-12-11(9-3-1-2-4-16-9)8(15)7-10-13(12)18-6-5-17-10/h7,9,16H,1-6H2. The number of benzene rings is 1. The van der Waals surface area contributed by atoms with E-state index in [1.54, 1.807) is 0 Å². The van der Waals surface area contributed by atoms with Crippen LogP contribution in [0.25, 0.3) is 0 Å². The molecule has 2 aliphatic heterocycles. The van der Waals surface area contributed by atoms with Crippen LogP contribution in [0.15, 0.2) is 10.5 Å². The third-order valence-corrected chi connectivity index (χ3v) is 4.21. The van der Waals surface area contributed by atoms with Crippen molar-refractivity contribution in [3.63, 3.8) is 0 Å². The summed E-state index contributed by atoms with van der Waals surface area (Å²) in [6.45, 7) is 1.92. The normalized spacial score (nSPS) is 22.9. The van der Waals surface area contributed by atoms with Gasteiger partial charge in [0, 0.05) is 17.7 Å².